The molecule has 3 aromatic carbocycles. The first-order valence-electron chi connectivity index (χ1n) is 12.5. The van der Waals surface area contributed by atoms with Crippen LogP contribution in [-0.2, 0) is 12.8 Å². The molecular weight excluding hydrogens is 443 g/mol. The first-order chi connectivity index (χ1) is 17.1. The number of likely N-dealkylation sites (tertiary alicyclic amines) is 1. The number of aliphatic hydroxyl groups is 1. The number of aromatic hydroxyl groups is 1. The Bertz CT molecular complexity index is 1120. The van der Waals surface area contributed by atoms with Crippen LogP contribution >= 0.6 is 0 Å². The Kier molecular flexibility index (Phi) is 7.21. The summed E-state index contributed by atoms with van der Waals surface area (Å²) >= 11 is 0. The molecule has 5 nitrogen and oxygen atoms in total. The van der Waals surface area contributed by atoms with Crippen LogP contribution in [0.25, 0.3) is 0 Å². The molecule has 0 amide bonds. The monoisotopic (exact) mass is 476 g/mol. The van der Waals surface area contributed by atoms with Gasteiger partial charge in [0, 0.05) is 24.8 Å². The van der Waals surface area contributed by atoms with Crippen LogP contribution in [0.4, 0.5) is 10.1 Å². The molecule has 6 heteroatoms. The Morgan fingerprint density at radius 1 is 0.971 bits per heavy atom. The number of halogens is 1. The van der Waals surface area contributed by atoms with Gasteiger partial charge in [-0.3, -0.25) is 4.90 Å². The number of aliphatic hydroxyl groups excluding tert-OH is 1. The number of nitrogens with zero attached hydrogens (tertiary/aromatic N) is 2. The second-order valence-electron chi connectivity index (χ2n) is 9.53. The van der Waals surface area contributed by atoms with Gasteiger partial charge in [-0.1, -0.05) is 18.2 Å². The van der Waals surface area contributed by atoms with E-state index in [-0.39, 0.29) is 24.5 Å². The summed E-state index contributed by atoms with van der Waals surface area (Å²) in [6.45, 7) is 3.48. The molecule has 5 rings (SSSR count). The van der Waals surface area contributed by atoms with Crippen LogP contribution in [0.1, 0.15) is 35.6 Å². The number of anilines is 1. The summed E-state index contributed by atoms with van der Waals surface area (Å²) in [5.74, 6) is 0.899. The van der Waals surface area contributed by atoms with Gasteiger partial charge in [0.05, 0.1) is 12.6 Å². The van der Waals surface area contributed by atoms with Gasteiger partial charge in [-0.25, -0.2) is 4.39 Å². The highest BCUT2D eigenvalue weighted by Crippen LogP contribution is 2.37. The van der Waals surface area contributed by atoms with E-state index in [0.717, 1.165) is 62.3 Å². The largest absolute Gasteiger partial charge is 0.508 e. The van der Waals surface area contributed by atoms with Crippen LogP contribution in [0.3, 0.4) is 0 Å². The zero-order valence-corrected chi connectivity index (χ0v) is 19.9. The third-order valence-corrected chi connectivity index (χ3v) is 7.35. The van der Waals surface area contributed by atoms with Crippen molar-refractivity contribution in [1.82, 2.24) is 4.90 Å². The van der Waals surface area contributed by atoms with Crippen molar-refractivity contribution in [2.75, 3.05) is 37.7 Å². The Labute approximate surface area is 206 Å². The minimum absolute atomic E-state index is 0.0853. The normalized spacial score (nSPS) is 20.1. The predicted octanol–water partition coefficient (Wildman–Crippen LogP) is 4.71. The van der Waals surface area contributed by atoms with E-state index in [4.69, 9.17) is 4.74 Å². The van der Waals surface area contributed by atoms with E-state index in [2.05, 4.69) is 21.9 Å². The summed E-state index contributed by atoms with van der Waals surface area (Å²) in [7, 11) is 0. The van der Waals surface area contributed by atoms with Crippen molar-refractivity contribution >= 4 is 5.69 Å². The first-order valence-corrected chi connectivity index (χ1v) is 12.5. The Hall–Kier alpha value is -3.09. The van der Waals surface area contributed by atoms with E-state index < -0.39 is 0 Å². The standard InChI is InChI=1S/C29H33FN2O3/c30-23-5-7-24(8-6-23)32-15-13-22-19-26(34)9-12-28(22)29(32)18-21-3-10-27(11-4-21)35-17-16-31-14-1-2-25(31)20-33/h3-12,19,25,29,33-34H,1-2,13-18,20H2. The Morgan fingerprint density at radius 2 is 1.77 bits per heavy atom. The molecule has 0 bridgehead atoms. The quantitative estimate of drug-likeness (QED) is 0.493. The lowest BCUT2D eigenvalue weighted by Crippen LogP contribution is -2.36. The van der Waals surface area contributed by atoms with Crippen molar-refractivity contribution in [2.24, 2.45) is 0 Å². The number of hydrogen-bond donors (Lipinski definition) is 2. The van der Waals surface area contributed by atoms with Gasteiger partial charge in [0.2, 0.25) is 0 Å². The van der Waals surface area contributed by atoms with Crippen molar-refractivity contribution < 1.29 is 19.3 Å². The molecule has 1 fully saturated rings. The lowest BCUT2D eigenvalue weighted by molar-refractivity contribution is 0.139. The first kappa shape index (κ1) is 23.6. The van der Waals surface area contributed by atoms with Crippen molar-refractivity contribution in [1.29, 1.82) is 0 Å². The van der Waals surface area contributed by atoms with Crippen LogP contribution < -0.4 is 9.64 Å². The maximum Gasteiger partial charge on any atom is 0.123 e. The van der Waals surface area contributed by atoms with E-state index >= 15 is 0 Å². The van der Waals surface area contributed by atoms with E-state index in [1.165, 1.54) is 23.3 Å². The molecule has 2 heterocycles. The Morgan fingerprint density at radius 3 is 2.54 bits per heavy atom. The molecule has 35 heavy (non-hydrogen) atoms. The van der Waals surface area contributed by atoms with Gasteiger partial charge in [0.1, 0.15) is 23.9 Å². The molecule has 2 unspecified atom stereocenters. The average molecular weight is 477 g/mol. The van der Waals surface area contributed by atoms with E-state index in [1.807, 2.05) is 36.4 Å². The topological polar surface area (TPSA) is 56.2 Å². The Balaban J connectivity index is 1.28. The van der Waals surface area contributed by atoms with E-state index in [0.29, 0.717) is 12.4 Å². The van der Waals surface area contributed by atoms with Crippen LogP contribution in [0, 0.1) is 5.82 Å². The third kappa shape index (κ3) is 5.44. The van der Waals surface area contributed by atoms with E-state index in [9.17, 15) is 14.6 Å². The molecule has 1 saturated heterocycles. The SMILES string of the molecule is OCC1CCCN1CCOc1ccc(CC2c3ccc(O)cc3CCN2c2ccc(F)cc2)cc1. The lowest BCUT2D eigenvalue weighted by Gasteiger charge is -2.39. The van der Waals surface area contributed by atoms with Gasteiger partial charge >= 0.3 is 0 Å². The summed E-state index contributed by atoms with van der Waals surface area (Å²) in [6.07, 6.45) is 3.82. The van der Waals surface area contributed by atoms with Gasteiger partial charge in [-0.15, -0.1) is 0 Å². The molecule has 3 aromatic rings. The second-order valence-corrected chi connectivity index (χ2v) is 9.53. The molecule has 184 valence electrons. The molecular formula is C29H33FN2O3. The highest BCUT2D eigenvalue weighted by Gasteiger charge is 2.28. The maximum absolute atomic E-state index is 13.6. The zero-order valence-electron chi connectivity index (χ0n) is 19.9. The predicted molar refractivity (Wildman–Crippen MR) is 136 cm³/mol. The molecule has 2 aliphatic rings. The van der Waals surface area contributed by atoms with Crippen molar-refractivity contribution in [3.8, 4) is 11.5 Å². The fraction of sp³-hybridized carbons (Fsp3) is 0.379. The maximum atomic E-state index is 13.6. The smallest absolute Gasteiger partial charge is 0.123 e. The number of ether oxygens (including phenoxy) is 1. The summed E-state index contributed by atoms with van der Waals surface area (Å²) in [5.41, 5.74) is 4.55. The fourth-order valence-electron chi connectivity index (χ4n) is 5.48. The molecule has 0 aromatic heterocycles. The van der Waals surface area contributed by atoms with Crippen molar-refractivity contribution in [3.63, 3.8) is 0 Å². The minimum Gasteiger partial charge on any atom is -0.508 e. The number of benzene rings is 3. The fourth-order valence-corrected chi connectivity index (χ4v) is 5.48. The second kappa shape index (κ2) is 10.7. The van der Waals surface area contributed by atoms with Gasteiger partial charge < -0.3 is 19.8 Å². The number of phenolic OH excluding ortho intramolecular Hbond substituents is 1. The summed E-state index contributed by atoms with van der Waals surface area (Å²) in [6, 6.07) is 20.9. The highest BCUT2D eigenvalue weighted by atomic mass is 19.1. The van der Waals surface area contributed by atoms with Crippen LogP contribution in [0.5, 0.6) is 11.5 Å². The molecule has 2 N–H and O–H groups in total. The third-order valence-electron chi connectivity index (χ3n) is 7.35. The number of phenols is 1. The van der Waals surface area contributed by atoms with Gasteiger partial charge in [0.15, 0.2) is 0 Å². The summed E-state index contributed by atoms with van der Waals surface area (Å²) < 4.78 is 19.5. The highest BCUT2D eigenvalue weighted by molar-refractivity contribution is 5.53. The zero-order chi connectivity index (χ0) is 24.2. The van der Waals surface area contributed by atoms with Gasteiger partial charge in [-0.05, 0) is 97.4 Å². The molecule has 0 saturated carbocycles. The number of rotatable bonds is 8. The lowest BCUT2D eigenvalue weighted by atomic mass is 9.88. The van der Waals surface area contributed by atoms with Crippen molar-refractivity contribution in [3.05, 3.63) is 89.2 Å². The van der Waals surface area contributed by atoms with Gasteiger partial charge in [0.25, 0.3) is 0 Å². The molecule has 0 spiro atoms. The van der Waals surface area contributed by atoms with Crippen LogP contribution in [0.2, 0.25) is 0 Å². The van der Waals surface area contributed by atoms with Crippen LogP contribution in [-0.4, -0.2) is 54.0 Å². The molecule has 0 radical (unpaired) electrons. The van der Waals surface area contributed by atoms with Crippen LogP contribution in [0.15, 0.2) is 66.7 Å². The molecule has 0 aliphatic carbocycles. The molecule has 2 aliphatic heterocycles. The molecule has 2 atom stereocenters. The number of fused-ring (bicyclic) bond motifs is 1. The van der Waals surface area contributed by atoms with E-state index in [1.54, 1.807) is 6.07 Å². The average Bonchev–Trinajstić information content (AvgIpc) is 3.33. The minimum atomic E-state index is -0.236. The van der Waals surface area contributed by atoms with Crippen molar-refractivity contribution in [2.45, 2.75) is 37.8 Å². The number of hydrogen-bond acceptors (Lipinski definition) is 5. The summed E-state index contributed by atoms with van der Waals surface area (Å²) in [4.78, 5) is 4.63. The summed E-state index contributed by atoms with van der Waals surface area (Å²) in [5, 5.41) is 19.5. The van der Waals surface area contributed by atoms with Gasteiger partial charge in [-0.2, -0.15) is 0 Å².